The minimum Gasteiger partial charge on any atom is -0.293 e. The third-order valence-electron chi connectivity index (χ3n) is 3.24. The summed E-state index contributed by atoms with van der Waals surface area (Å²) in [4.78, 5) is 24.5. The molecule has 0 aromatic heterocycles. The van der Waals surface area contributed by atoms with Crippen LogP contribution in [0.2, 0.25) is 0 Å². The molecule has 0 amide bonds. The van der Waals surface area contributed by atoms with Gasteiger partial charge in [0.1, 0.15) is 0 Å². The fraction of sp³-hybridized carbons (Fsp3) is 0. The highest BCUT2D eigenvalue weighted by atomic mass is 16.1. The topological polar surface area (TPSA) is 34.1 Å². The summed E-state index contributed by atoms with van der Waals surface area (Å²) in [6.07, 6.45) is 14.4. The number of benzene rings is 1. The van der Waals surface area contributed by atoms with Crippen LogP contribution < -0.4 is 0 Å². The maximum atomic E-state index is 12.3. The van der Waals surface area contributed by atoms with Crippen LogP contribution in [-0.2, 0) is 0 Å². The Hall–Kier alpha value is -1.44. The van der Waals surface area contributed by atoms with Crippen LogP contribution in [0.3, 0.4) is 0 Å². The molecule has 3 rings (SSSR count). The van der Waals surface area contributed by atoms with Gasteiger partial charge in [0, 0.05) is 11.1 Å². The average molecular weight is 260 g/mol. The number of ketones is 2. The number of hydrogen-bond acceptors (Lipinski definition) is 2. The molecular weight excluding hydrogens is 248 g/mol. The molecule has 1 aromatic carbocycles. The molecule has 10 radical (unpaired) electrons. The predicted octanol–water partition coefficient (Wildman–Crippen LogP) is 2.86. The molecule has 2 saturated carbocycles. The highest BCUT2D eigenvalue weighted by Gasteiger charge is 2.28. The highest BCUT2D eigenvalue weighted by Crippen LogP contribution is 2.29. The van der Waals surface area contributed by atoms with E-state index in [1.54, 1.807) is 49.9 Å². The quantitative estimate of drug-likeness (QED) is 0.780. The molecule has 0 heterocycles. The maximum Gasteiger partial charge on any atom is 0.170 e. The van der Waals surface area contributed by atoms with E-state index in [0.29, 0.717) is 23.0 Å². The minimum absolute atomic E-state index is 0.0628. The molecule has 0 bridgehead atoms. The average Bonchev–Trinajstić information content (AvgIpc) is 3.18. The number of Topliss-reactive ketones (excluding diaryl/α,β-unsaturated/α-hetero) is 2. The van der Waals surface area contributed by atoms with Crippen LogP contribution in [0.1, 0.15) is 20.7 Å². The molecule has 1 aromatic rings. The second-order valence-corrected chi connectivity index (χ2v) is 4.59. The van der Waals surface area contributed by atoms with Crippen LogP contribution in [0.15, 0.2) is 24.3 Å². The lowest BCUT2D eigenvalue weighted by Crippen LogP contribution is -2.13. The van der Waals surface area contributed by atoms with E-state index in [1.807, 2.05) is 25.7 Å². The Labute approximate surface area is 120 Å². The second-order valence-electron chi connectivity index (χ2n) is 4.59. The van der Waals surface area contributed by atoms with Crippen molar-refractivity contribution >= 4 is 11.6 Å². The normalized spacial score (nSPS) is 20.4. The third-order valence-corrected chi connectivity index (χ3v) is 3.24. The molecular formula is C18H12O2. The van der Waals surface area contributed by atoms with Gasteiger partial charge >= 0.3 is 0 Å². The maximum absolute atomic E-state index is 12.3. The van der Waals surface area contributed by atoms with Crippen LogP contribution in [0.4, 0.5) is 0 Å². The highest BCUT2D eigenvalue weighted by molar-refractivity contribution is 6.13. The fourth-order valence-electron chi connectivity index (χ4n) is 2.19. The van der Waals surface area contributed by atoms with Gasteiger partial charge in [0.15, 0.2) is 11.6 Å². The molecule has 2 aliphatic carbocycles. The first-order valence-electron chi connectivity index (χ1n) is 6.38. The van der Waals surface area contributed by atoms with Gasteiger partial charge in [-0.25, -0.2) is 0 Å². The van der Waals surface area contributed by atoms with Crippen LogP contribution in [0.5, 0.6) is 0 Å². The van der Waals surface area contributed by atoms with Gasteiger partial charge in [-0.05, 0) is 57.4 Å². The SMILES string of the molecule is O=C([C]1[CH][CH][CH][CH]1)c1cccc(C(=O)[C]2[CH][CH][CH][CH]2)c1. The lowest BCUT2D eigenvalue weighted by Gasteiger charge is -2.10. The molecule has 96 valence electrons. The van der Waals surface area contributed by atoms with Gasteiger partial charge in [-0.15, -0.1) is 0 Å². The van der Waals surface area contributed by atoms with E-state index >= 15 is 0 Å². The van der Waals surface area contributed by atoms with Crippen LogP contribution >= 0.6 is 0 Å². The first kappa shape index (κ1) is 13.5. The molecule has 2 heteroatoms. The van der Waals surface area contributed by atoms with E-state index in [4.69, 9.17) is 0 Å². The zero-order valence-electron chi connectivity index (χ0n) is 10.7. The largest absolute Gasteiger partial charge is 0.293 e. The number of carbonyl (C=O) groups excluding carboxylic acids is 2. The summed E-state index contributed by atoms with van der Waals surface area (Å²) in [5, 5.41) is 0. The molecule has 2 fully saturated rings. The molecule has 0 spiro atoms. The Kier molecular flexibility index (Phi) is 4.00. The van der Waals surface area contributed by atoms with Gasteiger partial charge in [0.25, 0.3) is 0 Å². The van der Waals surface area contributed by atoms with Crippen molar-refractivity contribution in [2.24, 2.45) is 0 Å². The van der Waals surface area contributed by atoms with Gasteiger partial charge in [0.05, 0.1) is 11.8 Å². The van der Waals surface area contributed by atoms with E-state index < -0.39 is 0 Å². The molecule has 0 unspecified atom stereocenters. The lowest BCUT2D eigenvalue weighted by molar-refractivity contribution is 0.101. The zero-order valence-corrected chi connectivity index (χ0v) is 10.7. The lowest BCUT2D eigenvalue weighted by atomic mass is 9.91. The van der Waals surface area contributed by atoms with Crippen molar-refractivity contribution in [2.45, 2.75) is 0 Å². The summed E-state index contributed by atoms with van der Waals surface area (Å²) in [5.41, 5.74) is 1.07. The molecule has 0 saturated heterocycles. The van der Waals surface area contributed by atoms with Crippen molar-refractivity contribution in [1.82, 2.24) is 0 Å². The molecule has 0 aliphatic heterocycles. The van der Waals surface area contributed by atoms with Crippen molar-refractivity contribution in [3.05, 3.63) is 98.6 Å². The first-order valence-corrected chi connectivity index (χ1v) is 6.38. The molecule has 20 heavy (non-hydrogen) atoms. The van der Waals surface area contributed by atoms with Crippen molar-refractivity contribution in [1.29, 1.82) is 0 Å². The van der Waals surface area contributed by atoms with Crippen molar-refractivity contribution in [3.8, 4) is 0 Å². The monoisotopic (exact) mass is 260 g/mol. The van der Waals surface area contributed by atoms with Crippen LogP contribution in [0.25, 0.3) is 0 Å². The summed E-state index contributed by atoms with van der Waals surface area (Å²) in [6.45, 7) is 0. The van der Waals surface area contributed by atoms with Crippen LogP contribution in [0, 0.1) is 63.2 Å². The summed E-state index contributed by atoms with van der Waals surface area (Å²) in [6, 6.07) is 6.87. The van der Waals surface area contributed by atoms with Gasteiger partial charge in [0.2, 0.25) is 0 Å². The molecule has 0 atom stereocenters. The number of hydrogen-bond donors (Lipinski definition) is 0. The smallest absolute Gasteiger partial charge is 0.170 e. The summed E-state index contributed by atoms with van der Waals surface area (Å²) >= 11 is 0. The van der Waals surface area contributed by atoms with E-state index in [2.05, 4.69) is 0 Å². The Balaban J connectivity index is 1.78. The van der Waals surface area contributed by atoms with E-state index in [1.165, 1.54) is 0 Å². The van der Waals surface area contributed by atoms with Gasteiger partial charge in [-0.2, -0.15) is 0 Å². The van der Waals surface area contributed by atoms with Crippen molar-refractivity contribution in [3.63, 3.8) is 0 Å². The predicted molar refractivity (Wildman–Crippen MR) is 76.0 cm³/mol. The second kappa shape index (κ2) is 5.90. The minimum atomic E-state index is -0.0628. The van der Waals surface area contributed by atoms with Crippen molar-refractivity contribution in [2.75, 3.05) is 0 Å². The first-order chi connectivity index (χ1) is 9.75. The molecule has 0 N–H and O–H groups in total. The van der Waals surface area contributed by atoms with Gasteiger partial charge < -0.3 is 0 Å². The Morgan fingerprint density at radius 3 is 1.45 bits per heavy atom. The Morgan fingerprint density at radius 1 is 0.650 bits per heavy atom. The van der Waals surface area contributed by atoms with Crippen molar-refractivity contribution < 1.29 is 9.59 Å². The molecule has 2 aliphatic rings. The molecule has 2 nitrogen and oxygen atoms in total. The van der Waals surface area contributed by atoms with E-state index in [-0.39, 0.29) is 11.6 Å². The Morgan fingerprint density at radius 2 is 1.05 bits per heavy atom. The van der Waals surface area contributed by atoms with Gasteiger partial charge in [-0.1, -0.05) is 18.2 Å². The van der Waals surface area contributed by atoms with Crippen LogP contribution in [-0.4, -0.2) is 11.6 Å². The summed E-state index contributed by atoms with van der Waals surface area (Å²) in [5.74, 6) is 1.16. The fourth-order valence-corrected chi connectivity index (χ4v) is 2.19. The van der Waals surface area contributed by atoms with Gasteiger partial charge in [-0.3, -0.25) is 9.59 Å². The third kappa shape index (κ3) is 2.70. The number of rotatable bonds is 4. The van der Waals surface area contributed by atoms with E-state index in [0.717, 1.165) is 0 Å². The summed E-state index contributed by atoms with van der Waals surface area (Å²) < 4.78 is 0. The van der Waals surface area contributed by atoms with E-state index in [9.17, 15) is 9.59 Å². The zero-order chi connectivity index (χ0) is 13.9. The summed E-state index contributed by atoms with van der Waals surface area (Å²) in [7, 11) is 0. The Bertz CT molecular complexity index is 463. The standard InChI is InChI=1S/C18H12O2/c19-17(13-6-1-2-7-13)15-10-5-11-16(12-15)18(20)14-8-3-4-9-14/h1-12H. The number of carbonyl (C=O) groups is 2.